The smallest absolute Gasteiger partial charge is 0.314 e. The SMILES string of the molecule is CCCCC(C)C(=O)Oc1c(F)c(F)cc(F)c1F. The van der Waals surface area contributed by atoms with Crippen LogP contribution in [0.2, 0.25) is 0 Å². The van der Waals surface area contributed by atoms with Gasteiger partial charge >= 0.3 is 5.97 Å². The molecule has 0 amide bonds. The third-order valence-corrected chi connectivity index (χ3v) is 2.67. The summed E-state index contributed by atoms with van der Waals surface area (Å²) in [5, 5.41) is 0. The molecule has 1 unspecified atom stereocenters. The van der Waals surface area contributed by atoms with Gasteiger partial charge < -0.3 is 4.74 Å². The van der Waals surface area contributed by atoms with E-state index in [1.807, 2.05) is 6.92 Å². The third-order valence-electron chi connectivity index (χ3n) is 2.67. The van der Waals surface area contributed by atoms with Gasteiger partial charge in [0.05, 0.1) is 5.92 Å². The molecule has 2 nitrogen and oxygen atoms in total. The van der Waals surface area contributed by atoms with Gasteiger partial charge in [-0.25, -0.2) is 8.78 Å². The van der Waals surface area contributed by atoms with E-state index in [1.54, 1.807) is 0 Å². The Labute approximate surface area is 108 Å². The fourth-order valence-corrected chi connectivity index (χ4v) is 1.47. The highest BCUT2D eigenvalue weighted by Crippen LogP contribution is 2.27. The van der Waals surface area contributed by atoms with E-state index in [2.05, 4.69) is 4.74 Å². The van der Waals surface area contributed by atoms with Gasteiger partial charge in [-0.15, -0.1) is 0 Å². The maximum atomic E-state index is 13.3. The van der Waals surface area contributed by atoms with Crippen LogP contribution in [0.4, 0.5) is 17.6 Å². The topological polar surface area (TPSA) is 26.3 Å². The molecular weight excluding hydrogens is 264 g/mol. The van der Waals surface area contributed by atoms with Gasteiger partial charge in [0.1, 0.15) is 0 Å². The lowest BCUT2D eigenvalue weighted by Crippen LogP contribution is -2.19. The van der Waals surface area contributed by atoms with Crippen LogP contribution < -0.4 is 4.74 Å². The van der Waals surface area contributed by atoms with Gasteiger partial charge in [0, 0.05) is 6.07 Å². The number of rotatable bonds is 5. The Kier molecular flexibility index (Phi) is 5.32. The lowest BCUT2D eigenvalue weighted by molar-refractivity contribution is -0.139. The number of carbonyl (C=O) groups is 1. The monoisotopic (exact) mass is 278 g/mol. The molecule has 0 radical (unpaired) electrons. The molecule has 19 heavy (non-hydrogen) atoms. The molecule has 0 bridgehead atoms. The standard InChI is InChI=1S/C13H14F4O2/c1-3-4-5-7(2)13(18)19-12-10(16)8(14)6-9(15)11(12)17/h6-7H,3-5H2,1-2H3. The average molecular weight is 278 g/mol. The number of ether oxygens (including phenoxy) is 1. The van der Waals surface area contributed by atoms with Crippen LogP contribution in [0.15, 0.2) is 6.07 Å². The van der Waals surface area contributed by atoms with Crippen LogP contribution in [0.1, 0.15) is 33.1 Å². The first kappa shape index (κ1) is 15.5. The summed E-state index contributed by atoms with van der Waals surface area (Å²) in [5.74, 6) is -9.50. The number of carbonyl (C=O) groups excluding carboxylic acids is 1. The van der Waals surface area contributed by atoms with Crippen molar-refractivity contribution in [3.05, 3.63) is 29.3 Å². The van der Waals surface area contributed by atoms with Crippen molar-refractivity contribution in [1.82, 2.24) is 0 Å². The number of halogens is 4. The molecule has 1 aromatic rings. The molecule has 1 rings (SSSR count). The summed E-state index contributed by atoms with van der Waals surface area (Å²) < 4.78 is 56.7. The second-order valence-corrected chi connectivity index (χ2v) is 4.26. The lowest BCUT2D eigenvalue weighted by Gasteiger charge is -2.12. The second kappa shape index (κ2) is 6.54. The maximum Gasteiger partial charge on any atom is 0.314 e. The van der Waals surface area contributed by atoms with E-state index in [9.17, 15) is 22.4 Å². The molecule has 0 aliphatic heterocycles. The molecule has 106 valence electrons. The van der Waals surface area contributed by atoms with Gasteiger partial charge in [-0.05, 0) is 6.42 Å². The predicted octanol–water partition coefficient (Wildman–Crippen LogP) is 3.97. The lowest BCUT2D eigenvalue weighted by atomic mass is 10.1. The van der Waals surface area contributed by atoms with E-state index < -0.39 is 40.9 Å². The van der Waals surface area contributed by atoms with E-state index >= 15 is 0 Å². The molecule has 0 heterocycles. The van der Waals surface area contributed by atoms with Gasteiger partial charge in [-0.2, -0.15) is 8.78 Å². The largest absolute Gasteiger partial charge is 0.420 e. The highest BCUT2D eigenvalue weighted by molar-refractivity contribution is 5.74. The third kappa shape index (κ3) is 3.68. The fraction of sp³-hybridized carbons (Fsp3) is 0.462. The van der Waals surface area contributed by atoms with Crippen LogP contribution >= 0.6 is 0 Å². The summed E-state index contributed by atoms with van der Waals surface area (Å²) in [6, 6.07) is 0.0580. The summed E-state index contributed by atoms with van der Waals surface area (Å²) in [5.41, 5.74) is 0. The van der Waals surface area contributed by atoms with E-state index in [0.29, 0.717) is 6.42 Å². The van der Waals surface area contributed by atoms with Crippen molar-refractivity contribution in [2.75, 3.05) is 0 Å². The number of benzene rings is 1. The van der Waals surface area contributed by atoms with Gasteiger partial charge in [-0.3, -0.25) is 4.79 Å². The fourth-order valence-electron chi connectivity index (χ4n) is 1.47. The summed E-state index contributed by atoms with van der Waals surface area (Å²) in [6.07, 6.45) is 2.05. The Morgan fingerprint density at radius 2 is 1.74 bits per heavy atom. The quantitative estimate of drug-likeness (QED) is 0.352. The zero-order chi connectivity index (χ0) is 14.6. The summed E-state index contributed by atoms with van der Waals surface area (Å²) in [6.45, 7) is 3.43. The Balaban J connectivity index is 2.91. The van der Waals surface area contributed by atoms with Gasteiger partial charge in [0.15, 0.2) is 11.6 Å². The molecule has 0 fully saturated rings. The Bertz CT molecular complexity index is 448. The van der Waals surface area contributed by atoms with Gasteiger partial charge in [-0.1, -0.05) is 26.7 Å². The molecule has 1 atom stereocenters. The van der Waals surface area contributed by atoms with Crippen LogP contribution in [0, 0.1) is 29.2 Å². The Morgan fingerprint density at radius 3 is 2.21 bits per heavy atom. The van der Waals surface area contributed by atoms with Crippen LogP contribution in [0.3, 0.4) is 0 Å². The van der Waals surface area contributed by atoms with Crippen LogP contribution in [0.5, 0.6) is 5.75 Å². The molecule has 0 spiro atoms. The first-order chi connectivity index (χ1) is 8.88. The minimum atomic E-state index is -1.71. The van der Waals surface area contributed by atoms with Gasteiger partial charge in [0.25, 0.3) is 0 Å². The minimum absolute atomic E-state index is 0.0580. The molecule has 0 aromatic heterocycles. The van der Waals surface area contributed by atoms with Crippen molar-refractivity contribution in [1.29, 1.82) is 0 Å². The molecule has 6 heteroatoms. The van der Waals surface area contributed by atoms with E-state index in [0.717, 1.165) is 12.8 Å². The van der Waals surface area contributed by atoms with Crippen molar-refractivity contribution in [3.8, 4) is 5.75 Å². The molecule has 0 saturated carbocycles. The number of hydrogen-bond acceptors (Lipinski definition) is 2. The molecular formula is C13H14F4O2. The van der Waals surface area contributed by atoms with Crippen molar-refractivity contribution in [3.63, 3.8) is 0 Å². The van der Waals surface area contributed by atoms with E-state index in [4.69, 9.17) is 0 Å². The summed E-state index contributed by atoms with van der Waals surface area (Å²) >= 11 is 0. The minimum Gasteiger partial charge on any atom is -0.420 e. The normalized spacial score (nSPS) is 12.3. The molecule has 0 N–H and O–H groups in total. The number of unbranched alkanes of at least 4 members (excludes halogenated alkanes) is 1. The highest BCUT2D eigenvalue weighted by Gasteiger charge is 2.24. The van der Waals surface area contributed by atoms with Crippen LogP contribution in [0.25, 0.3) is 0 Å². The average Bonchev–Trinajstić information content (AvgIpc) is 2.38. The molecule has 1 aromatic carbocycles. The Morgan fingerprint density at radius 1 is 1.21 bits per heavy atom. The Hall–Kier alpha value is -1.59. The van der Waals surface area contributed by atoms with Crippen molar-refractivity contribution in [2.45, 2.75) is 33.1 Å². The maximum absolute atomic E-state index is 13.3. The van der Waals surface area contributed by atoms with Crippen molar-refractivity contribution < 1.29 is 27.1 Å². The first-order valence-corrected chi connectivity index (χ1v) is 5.93. The van der Waals surface area contributed by atoms with E-state index in [-0.39, 0.29) is 6.07 Å². The summed E-state index contributed by atoms with van der Waals surface area (Å²) in [7, 11) is 0. The van der Waals surface area contributed by atoms with E-state index in [1.165, 1.54) is 6.92 Å². The zero-order valence-electron chi connectivity index (χ0n) is 10.6. The second-order valence-electron chi connectivity index (χ2n) is 4.26. The number of esters is 1. The predicted molar refractivity (Wildman–Crippen MR) is 60.6 cm³/mol. The highest BCUT2D eigenvalue weighted by atomic mass is 19.2. The summed E-state index contributed by atoms with van der Waals surface area (Å²) in [4.78, 5) is 11.5. The number of hydrogen-bond donors (Lipinski definition) is 0. The zero-order valence-corrected chi connectivity index (χ0v) is 10.6. The molecule has 0 aliphatic rings. The molecule has 0 saturated heterocycles. The first-order valence-electron chi connectivity index (χ1n) is 5.93. The van der Waals surface area contributed by atoms with Crippen LogP contribution in [-0.2, 0) is 4.79 Å². The van der Waals surface area contributed by atoms with Crippen molar-refractivity contribution in [2.24, 2.45) is 5.92 Å². The van der Waals surface area contributed by atoms with Crippen molar-refractivity contribution >= 4 is 5.97 Å². The molecule has 0 aliphatic carbocycles. The van der Waals surface area contributed by atoms with Crippen LogP contribution in [-0.4, -0.2) is 5.97 Å². The van der Waals surface area contributed by atoms with Gasteiger partial charge in [0.2, 0.25) is 17.4 Å².